The Morgan fingerprint density at radius 1 is 1.46 bits per heavy atom. The number of hydrogen-bond donors (Lipinski definition) is 0. The normalized spacial score (nSPS) is 10.3. The van der Waals surface area contributed by atoms with E-state index in [1.807, 2.05) is 0 Å². The zero-order valence-electron chi connectivity index (χ0n) is 7.16. The Morgan fingerprint density at radius 3 is 2.92 bits per heavy atom. The van der Waals surface area contributed by atoms with Crippen molar-refractivity contribution in [3.63, 3.8) is 0 Å². The number of nitrogens with zero attached hydrogens (tertiary/aromatic N) is 2. The second kappa shape index (κ2) is 3.01. The predicted octanol–water partition coefficient (Wildman–Crippen LogP) is 2.12. The van der Waals surface area contributed by atoms with Crippen molar-refractivity contribution in [3.05, 3.63) is 48.0 Å². The second-order valence-electron chi connectivity index (χ2n) is 2.82. The average molecular weight is 175 g/mol. The Balaban J connectivity index is 2.49. The molecule has 65 valence electrons. The number of hydrogen-bond acceptors (Lipinski definition) is 1. The summed E-state index contributed by atoms with van der Waals surface area (Å²) < 4.78 is 14.5. The fraction of sp³-hybridized carbons (Fsp3) is 0.100. The lowest BCUT2D eigenvalue weighted by molar-refractivity contribution is 0.617. The maximum absolute atomic E-state index is 12.9. The molecule has 0 aliphatic rings. The third kappa shape index (κ3) is 1.45. The summed E-state index contributed by atoms with van der Waals surface area (Å²) in [5.74, 6) is -0.195. The van der Waals surface area contributed by atoms with E-state index in [-0.39, 0.29) is 5.82 Å². The van der Waals surface area contributed by atoms with Crippen molar-refractivity contribution >= 4 is 0 Å². The van der Waals surface area contributed by atoms with Gasteiger partial charge < -0.3 is 0 Å². The van der Waals surface area contributed by atoms with Gasteiger partial charge in [-0.15, -0.1) is 0 Å². The van der Waals surface area contributed by atoms with Crippen LogP contribution in [0.4, 0.5) is 4.39 Å². The van der Waals surface area contributed by atoms with Gasteiger partial charge in [-0.2, -0.15) is 5.10 Å². The SMILES string of the molecule is Cc1cc(-n2cc[c]n2)ccc1F. The summed E-state index contributed by atoms with van der Waals surface area (Å²) >= 11 is 0. The average Bonchev–Trinajstić information content (AvgIpc) is 2.62. The molecule has 0 aliphatic carbocycles. The van der Waals surface area contributed by atoms with Crippen LogP contribution in [0.1, 0.15) is 5.56 Å². The van der Waals surface area contributed by atoms with Crippen LogP contribution in [-0.4, -0.2) is 9.78 Å². The van der Waals surface area contributed by atoms with E-state index in [0.29, 0.717) is 5.56 Å². The summed E-state index contributed by atoms with van der Waals surface area (Å²) in [6, 6.07) is 6.57. The van der Waals surface area contributed by atoms with Gasteiger partial charge in [-0.25, -0.2) is 9.07 Å². The highest BCUT2D eigenvalue weighted by atomic mass is 19.1. The first-order valence-corrected chi connectivity index (χ1v) is 3.95. The Kier molecular flexibility index (Phi) is 1.85. The van der Waals surface area contributed by atoms with Crippen molar-refractivity contribution in [1.29, 1.82) is 0 Å². The van der Waals surface area contributed by atoms with Crippen LogP contribution in [0.2, 0.25) is 0 Å². The standard InChI is InChI=1S/C10H8FN2/c1-8-7-9(3-4-10(8)11)13-6-2-5-12-13/h2-4,6-7H,1H3. The number of benzene rings is 1. The van der Waals surface area contributed by atoms with Gasteiger partial charge in [0.15, 0.2) is 0 Å². The minimum atomic E-state index is -0.195. The molecule has 0 unspecified atom stereocenters. The first-order valence-electron chi connectivity index (χ1n) is 3.95. The fourth-order valence-corrected chi connectivity index (χ4v) is 1.15. The monoisotopic (exact) mass is 175 g/mol. The van der Waals surface area contributed by atoms with Crippen LogP contribution in [0.25, 0.3) is 5.69 Å². The molecule has 1 radical (unpaired) electrons. The van der Waals surface area contributed by atoms with Crippen LogP contribution in [-0.2, 0) is 0 Å². The molecule has 0 bridgehead atoms. The van der Waals surface area contributed by atoms with E-state index >= 15 is 0 Å². The van der Waals surface area contributed by atoms with Crippen LogP contribution < -0.4 is 0 Å². The van der Waals surface area contributed by atoms with Crippen molar-refractivity contribution in [1.82, 2.24) is 9.78 Å². The fourth-order valence-electron chi connectivity index (χ4n) is 1.15. The van der Waals surface area contributed by atoms with E-state index < -0.39 is 0 Å². The smallest absolute Gasteiger partial charge is 0.126 e. The van der Waals surface area contributed by atoms with Crippen molar-refractivity contribution in [2.75, 3.05) is 0 Å². The minimum absolute atomic E-state index is 0.195. The largest absolute Gasteiger partial charge is 0.240 e. The lowest BCUT2D eigenvalue weighted by Gasteiger charge is -2.02. The van der Waals surface area contributed by atoms with Crippen LogP contribution in [0.5, 0.6) is 0 Å². The Bertz CT molecular complexity index is 407. The van der Waals surface area contributed by atoms with Crippen LogP contribution >= 0.6 is 0 Å². The molecule has 2 nitrogen and oxygen atoms in total. The molecule has 1 aromatic heterocycles. The van der Waals surface area contributed by atoms with Crippen molar-refractivity contribution in [2.24, 2.45) is 0 Å². The molecule has 0 fully saturated rings. The summed E-state index contributed by atoms with van der Waals surface area (Å²) in [5, 5.41) is 3.93. The van der Waals surface area contributed by atoms with Gasteiger partial charge in [0.1, 0.15) is 12.0 Å². The van der Waals surface area contributed by atoms with Gasteiger partial charge in [0.2, 0.25) is 0 Å². The van der Waals surface area contributed by atoms with Crippen LogP contribution in [0, 0.1) is 18.9 Å². The maximum atomic E-state index is 12.9. The lowest BCUT2D eigenvalue weighted by atomic mass is 10.2. The first kappa shape index (κ1) is 7.98. The molecule has 0 atom stereocenters. The molecule has 1 aromatic carbocycles. The van der Waals surface area contributed by atoms with Crippen molar-refractivity contribution < 1.29 is 4.39 Å². The minimum Gasteiger partial charge on any atom is -0.240 e. The van der Waals surface area contributed by atoms with Gasteiger partial charge in [0.05, 0.1) is 5.69 Å². The summed E-state index contributed by atoms with van der Waals surface area (Å²) in [4.78, 5) is 0. The van der Waals surface area contributed by atoms with Crippen molar-refractivity contribution in [3.8, 4) is 5.69 Å². The summed E-state index contributed by atoms with van der Waals surface area (Å²) in [6.45, 7) is 1.73. The van der Waals surface area contributed by atoms with Gasteiger partial charge in [0, 0.05) is 6.20 Å². The van der Waals surface area contributed by atoms with Gasteiger partial charge in [-0.05, 0) is 36.8 Å². The highest BCUT2D eigenvalue weighted by molar-refractivity contribution is 5.35. The third-order valence-electron chi connectivity index (χ3n) is 1.86. The molecule has 2 rings (SSSR count). The molecular formula is C10H8FN2. The molecule has 2 aromatic rings. The summed E-state index contributed by atoms with van der Waals surface area (Å²) in [6.07, 6.45) is 4.45. The predicted molar refractivity (Wildman–Crippen MR) is 47.1 cm³/mol. The first-order chi connectivity index (χ1) is 6.27. The molecule has 1 heterocycles. The molecule has 0 saturated heterocycles. The lowest BCUT2D eigenvalue weighted by Crippen LogP contribution is -1.95. The van der Waals surface area contributed by atoms with E-state index in [2.05, 4.69) is 11.3 Å². The maximum Gasteiger partial charge on any atom is 0.126 e. The van der Waals surface area contributed by atoms with E-state index in [0.717, 1.165) is 5.69 Å². The molecule has 0 spiro atoms. The molecule has 0 N–H and O–H groups in total. The number of aryl methyl sites for hydroxylation is 1. The Morgan fingerprint density at radius 2 is 2.31 bits per heavy atom. The molecule has 0 saturated carbocycles. The number of rotatable bonds is 1. The van der Waals surface area contributed by atoms with Crippen LogP contribution in [0.15, 0.2) is 30.5 Å². The highest BCUT2D eigenvalue weighted by Crippen LogP contribution is 2.11. The molecule has 13 heavy (non-hydrogen) atoms. The third-order valence-corrected chi connectivity index (χ3v) is 1.86. The molecular weight excluding hydrogens is 167 g/mol. The van der Waals surface area contributed by atoms with Crippen molar-refractivity contribution in [2.45, 2.75) is 6.92 Å². The Hall–Kier alpha value is -1.64. The van der Waals surface area contributed by atoms with Gasteiger partial charge >= 0.3 is 0 Å². The van der Waals surface area contributed by atoms with E-state index in [9.17, 15) is 4.39 Å². The van der Waals surface area contributed by atoms with Gasteiger partial charge in [-0.3, -0.25) is 0 Å². The zero-order valence-corrected chi connectivity index (χ0v) is 7.16. The van der Waals surface area contributed by atoms with E-state index in [4.69, 9.17) is 0 Å². The molecule has 3 heteroatoms. The second-order valence-corrected chi connectivity index (χ2v) is 2.82. The quantitative estimate of drug-likeness (QED) is 0.649. The zero-order chi connectivity index (χ0) is 9.26. The summed E-state index contributed by atoms with van der Waals surface area (Å²) in [7, 11) is 0. The van der Waals surface area contributed by atoms with E-state index in [1.165, 1.54) is 6.07 Å². The Labute approximate surface area is 75.6 Å². The molecule has 0 aliphatic heterocycles. The number of aromatic nitrogens is 2. The van der Waals surface area contributed by atoms with Gasteiger partial charge in [-0.1, -0.05) is 0 Å². The van der Waals surface area contributed by atoms with E-state index in [1.54, 1.807) is 36.0 Å². The summed E-state index contributed by atoms with van der Waals surface area (Å²) in [5.41, 5.74) is 1.47. The number of halogens is 1. The molecule has 0 amide bonds. The van der Waals surface area contributed by atoms with Crippen LogP contribution in [0.3, 0.4) is 0 Å². The topological polar surface area (TPSA) is 17.8 Å². The highest BCUT2D eigenvalue weighted by Gasteiger charge is 2.00. The van der Waals surface area contributed by atoms with Gasteiger partial charge in [0.25, 0.3) is 0 Å².